The first-order chi connectivity index (χ1) is 11.9. The molecule has 0 amide bonds. The average Bonchev–Trinajstić information content (AvgIpc) is 2.91. The minimum Gasteiger partial charge on any atom is -0.391 e. The third-order valence-corrected chi connectivity index (χ3v) is 4.85. The van der Waals surface area contributed by atoms with Crippen LogP contribution in [0.3, 0.4) is 0 Å². The largest absolute Gasteiger partial charge is 0.446 e. The smallest absolute Gasteiger partial charge is 0.391 e. The quantitative estimate of drug-likeness (QED) is 0.777. The summed E-state index contributed by atoms with van der Waals surface area (Å²) in [4.78, 5) is 13.0. The zero-order chi connectivity index (χ0) is 18.0. The number of allylic oxidation sites excluding steroid dienone is 2. The third-order valence-electron chi connectivity index (χ3n) is 4.13. The second-order valence-corrected chi connectivity index (χ2v) is 6.85. The molecule has 25 heavy (non-hydrogen) atoms. The van der Waals surface area contributed by atoms with Gasteiger partial charge in [0.2, 0.25) is 0 Å². The van der Waals surface area contributed by atoms with Crippen molar-refractivity contribution >= 4 is 23.1 Å². The van der Waals surface area contributed by atoms with E-state index in [0.717, 1.165) is 11.3 Å². The normalized spacial score (nSPS) is 17.9. The zero-order valence-electron chi connectivity index (χ0n) is 13.4. The minimum absolute atomic E-state index is 0.0651. The number of thioether (sulfide) groups is 1. The predicted molar refractivity (Wildman–Crippen MR) is 93.1 cm³/mol. The van der Waals surface area contributed by atoms with E-state index in [-0.39, 0.29) is 28.4 Å². The lowest BCUT2D eigenvalue weighted by Crippen LogP contribution is -2.08. The Bertz CT molecular complexity index is 815. The van der Waals surface area contributed by atoms with Crippen LogP contribution in [0.25, 0.3) is 5.57 Å². The van der Waals surface area contributed by atoms with Crippen LogP contribution in [0.2, 0.25) is 0 Å². The van der Waals surface area contributed by atoms with Gasteiger partial charge in [-0.2, -0.15) is 13.2 Å². The Balaban J connectivity index is 1.95. The Morgan fingerprint density at radius 1 is 1.08 bits per heavy atom. The third kappa shape index (κ3) is 3.90. The number of carbonyl (C=O) groups is 1. The standard InChI is InChI=1S/C19H16F3NOS/c1-23-16-11-15(12-6-3-2-4-7-12)18(24)17(16)13-8-5-9-14(10-13)25-19(20,21)22/h2-10,15,23H,11H2,1H3. The van der Waals surface area contributed by atoms with Crippen molar-refractivity contribution in [3.8, 4) is 0 Å². The maximum absolute atomic E-state index is 12.9. The van der Waals surface area contributed by atoms with Crippen molar-refractivity contribution < 1.29 is 18.0 Å². The van der Waals surface area contributed by atoms with Crippen LogP contribution in [0.15, 0.2) is 65.2 Å². The van der Waals surface area contributed by atoms with Crippen LogP contribution in [0.5, 0.6) is 0 Å². The van der Waals surface area contributed by atoms with Gasteiger partial charge in [-0.3, -0.25) is 4.79 Å². The predicted octanol–water partition coefficient (Wildman–Crippen LogP) is 4.99. The number of ketones is 1. The van der Waals surface area contributed by atoms with Crippen molar-refractivity contribution in [2.45, 2.75) is 22.7 Å². The average molecular weight is 363 g/mol. The number of hydrogen-bond acceptors (Lipinski definition) is 3. The van der Waals surface area contributed by atoms with Crippen molar-refractivity contribution in [2.75, 3.05) is 7.05 Å². The summed E-state index contributed by atoms with van der Waals surface area (Å²) in [5, 5.41) is 3.04. The topological polar surface area (TPSA) is 29.1 Å². The van der Waals surface area contributed by atoms with Gasteiger partial charge in [0.15, 0.2) is 5.78 Å². The molecule has 1 unspecified atom stereocenters. The molecule has 0 saturated carbocycles. The van der Waals surface area contributed by atoms with Crippen LogP contribution < -0.4 is 5.32 Å². The van der Waals surface area contributed by atoms with Crippen molar-refractivity contribution in [1.82, 2.24) is 5.32 Å². The molecular formula is C19H16F3NOS. The molecule has 0 aromatic heterocycles. The van der Waals surface area contributed by atoms with Crippen molar-refractivity contribution in [1.29, 1.82) is 0 Å². The van der Waals surface area contributed by atoms with Gasteiger partial charge >= 0.3 is 5.51 Å². The van der Waals surface area contributed by atoms with Gasteiger partial charge in [-0.15, -0.1) is 0 Å². The molecule has 0 spiro atoms. The molecule has 0 fully saturated rings. The van der Waals surface area contributed by atoms with Crippen LogP contribution in [0, 0.1) is 0 Å². The van der Waals surface area contributed by atoms with Gasteiger partial charge in [0.1, 0.15) is 0 Å². The zero-order valence-corrected chi connectivity index (χ0v) is 14.2. The molecule has 0 heterocycles. The highest BCUT2D eigenvalue weighted by Crippen LogP contribution is 2.42. The summed E-state index contributed by atoms with van der Waals surface area (Å²) in [5.74, 6) is -0.373. The van der Waals surface area contributed by atoms with Crippen LogP contribution in [-0.4, -0.2) is 18.3 Å². The number of benzene rings is 2. The molecule has 2 aromatic carbocycles. The highest BCUT2D eigenvalue weighted by molar-refractivity contribution is 8.00. The molecule has 0 bridgehead atoms. The molecule has 3 rings (SSSR count). The Labute approximate surface area is 148 Å². The number of carbonyl (C=O) groups excluding carboxylic acids is 1. The van der Waals surface area contributed by atoms with Gasteiger partial charge in [-0.1, -0.05) is 42.5 Å². The number of rotatable bonds is 4. The van der Waals surface area contributed by atoms with Crippen LogP contribution >= 0.6 is 11.8 Å². The van der Waals surface area contributed by atoms with Crippen molar-refractivity contribution in [3.63, 3.8) is 0 Å². The second-order valence-electron chi connectivity index (χ2n) is 5.71. The van der Waals surface area contributed by atoms with Gasteiger partial charge in [-0.05, 0) is 35.0 Å². The van der Waals surface area contributed by atoms with Gasteiger partial charge < -0.3 is 5.32 Å². The summed E-state index contributed by atoms with van der Waals surface area (Å²) < 4.78 is 37.9. The molecule has 1 aliphatic carbocycles. The van der Waals surface area contributed by atoms with Gasteiger partial charge in [-0.25, -0.2) is 0 Å². The highest BCUT2D eigenvalue weighted by Gasteiger charge is 2.35. The fraction of sp³-hybridized carbons (Fsp3) is 0.211. The molecule has 0 radical (unpaired) electrons. The highest BCUT2D eigenvalue weighted by atomic mass is 32.2. The Kier molecular flexibility index (Phi) is 4.90. The van der Waals surface area contributed by atoms with Gasteiger partial charge in [0.25, 0.3) is 0 Å². The van der Waals surface area contributed by atoms with Gasteiger partial charge in [0, 0.05) is 29.6 Å². The van der Waals surface area contributed by atoms with Crippen LogP contribution in [-0.2, 0) is 4.79 Å². The lowest BCUT2D eigenvalue weighted by molar-refractivity contribution is -0.114. The number of halogens is 3. The molecule has 1 atom stereocenters. The number of alkyl halides is 3. The number of hydrogen-bond donors (Lipinski definition) is 1. The second kappa shape index (κ2) is 6.96. The maximum atomic E-state index is 12.9. The fourth-order valence-electron chi connectivity index (χ4n) is 3.07. The molecular weight excluding hydrogens is 347 g/mol. The number of Topliss-reactive ketones (excluding diaryl/α,β-unsaturated/α-hetero) is 1. The molecule has 2 aromatic rings. The summed E-state index contributed by atoms with van der Waals surface area (Å²) >= 11 is -0.173. The summed E-state index contributed by atoms with van der Waals surface area (Å²) in [5.41, 5.74) is -1.70. The Morgan fingerprint density at radius 2 is 1.80 bits per heavy atom. The summed E-state index contributed by atoms with van der Waals surface area (Å²) in [7, 11) is 1.73. The van der Waals surface area contributed by atoms with Crippen molar-refractivity contribution in [2.24, 2.45) is 0 Å². The Hall–Kier alpha value is -2.21. The molecule has 6 heteroatoms. The molecule has 130 valence electrons. The van der Waals surface area contributed by atoms with Crippen LogP contribution in [0.4, 0.5) is 13.2 Å². The van der Waals surface area contributed by atoms with Gasteiger partial charge in [0.05, 0.1) is 5.92 Å². The van der Waals surface area contributed by atoms with E-state index in [1.54, 1.807) is 19.2 Å². The monoisotopic (exact) mass is 363 g/mol. The first-order valence-corrected chi connectivity index (χ1v) is 8.57. The minimum atomic E-state index is -4.36. The summed E-state index contributed by atoms with van der Waals surface area (Å²) in [6.45, 7) is 0. The number of nitrogens with one attached hydrogen (secondary N) is 1. The molecule has 1 aliphatic rings. The van der Waals surface area contributed by atoms with E-state index in [9.17, 15) is 18.0 Å². The van der Waals surface area contributed by atoms with E-state index in [0.29, 0.717) is 17.6 Å². The van der Waals surface area contributed by atoms with E-state index in [2.05, 4.69) is 5.32 Å². The summed E-state index contributed by atoms with van der Waals surface area (Å²) in [6.07, 6.45) is 0.519. The molecule has 0 aliphatic heterocycles. The maximum Gasteiger partial charge on any atom is 0.446 e. The first-order valence-electron chi connectivity index (χ1n) is 7.75. The van der Waals surface area contributed by atoms with Crippen molar-refractivity contribution in [3.05, 3.63) is 71.4 Å². The lowest BCUT2D eigenvalue weighted by Gasteiger charge is -2.10. The summed E-state index contributed by atoms with van der Waals surface area (Å²) in [6, 6.07) is 15.5. The molecule has 2 nitrogen and oxygen atoms in total. The fourth-order valence-corrected chi connectivity index (χ4v) is 3.67. The van der Waals surface area contributed by atoms with E-state index in [1.165, 1.54) is 12.1 Å². The Morgan fingerprint density at radius 3 is 2.44 bits per heavy atom. The SMILES string of the molecule is CNC1=C(c2cccc(SC(F)(F)F)c2)C(=O)C(c2ccccc2)C1. The van der Waals surface area contributed by atoms with E-state index >= 15 is 0 Å². The van der Waals surface area contributed by atoms with E-state index in [4.69, 9.17) is 0 Å². The van der Waals surface area contributed by atoms with Crippen LogP contribution in [0.1, 0.15) is 23.5 Å². The van der Waals surface area contributed by atoms with E-state index < -0.39 is 5.51 Å². The van der Waals surface area contributed by atoms with E-state index in [1.807, 2.05) is 30.3 Å². The molecule has 1 N–H and O–H groups in total. The first kappa shape index (κ1) is 17.6. The lowest BCUT2D eigenvalue weighted by atomic mass is 9.93. The molecule has 0 saturated heterocycles.